The van der Waals surface area contributed by atoms with Crippen LogP contribution >= 0.6 is 0 Å². The van der Waals surface area contributed by atoms with Crippen LogP contribution in [-0.2, 0) is 0 Å². The smallest absolute Gasteiger partial charge is 0.253 e. The molecule has 0 spiro atoms. The monoisotopic (exact) mass is 339 g/mol. The molecule has 7 nitrogen and oxygen atoms in total. The Kier molecular flexibility index (Phi) is 5.84. The molecule has 1 N–H and O–H groups in total. The Hall–Kier alpha value is -3.22. The van der Waals surface area contributed by atoms with E-state index in [4.69, 9.17) is 0 Å². The average molecular weight is 339 g/mol. The largest absolute Gasteiger partial charge is 0.345 e. The van der Waals surface area contributed by atoms with E-state index < -0.39 is 0 Å². The number of hydrogen-bond donors (Lipinski definition) is 1. The summed E-state index contributed by atoms with van der Waals surface area (Å²) in [4.78, 5) is 26.9. The summed E-state index contributed by atoms with van der Waals surface area (Å²) in [5, 5.41) is 7.99. The van der Waals surface area contributed by atoms with Gasteiger partial charge in [-0.3, -0.25) is 15.0 Å². The Labute approximate surface area is 146 Å². The molecule has 0 bridgehead atoms. The molecule has 0 fully saturated rings. The highest BCUT2D eigenvalue weighted by Crippen LogP contribution is 2.17. The topological polar surface area (TPSA) is 77.4 Å². The molecule has 0 aliphatic heterocycles. The maximum atomic E-state index is 12.0. The SMILES string of the molecule is CN(C)C(=O)c1cccc(/N=N/Nc2cccc(C(=O)N(C)C)c2)c1. The van der Waals surface area contributed by atoms with Crippen LogP contribution in [0.25, 0.3) is 0 Å². The van der Waals surface area contributed by atoms with Crippen molar-refractivity contribution in [3.8, 4) is 0 Å². The van der Waals surface area contributed by atoms with Crippen molar-refractivity contribution in [3.05, 3.63) is 59.7 Å². The summed E-state index contributed by atoms with van der Waals surface area (Å²) in [5.74, 6) is -0.185. The molecule has 0 aliphatic rings. The molecule has 0 saturated carbocycles. The maximum Gasteiger partial charge on any atom is 0.253 e. The minimum absolute atomic E-state index is 0.0875. The lowest BCUT2D eigenvalue weighted by Gasteiger charge is -2.10. The molecule has 0 atom stereocenters. The highest BCUT2D eigenvalue weighted by atomic mass is 16.2. The molecule has 7 heteroatoms. The Morgan fingerprint density at radius 2 is 1.40 bits per heavy atom. The average Bonchev–Trinajstić information content (AvgIpc) is 2.60. The summed E-state index contributed by atoms with van der Waals surface area (Å²) in [6.07, 6.45) is 0. The van der Waals surface area contributed by atoms with Gasteiger partial charge in [-0.2, -0.15) is 0 Å². The lowest BCUT2D eigenvalue weighted by Crippen LogP contribution is -2.21. The lowest BCUT2D eigenvalue weighted by molar-refractivity contribution is 0.0820. The van der Waals surface area contributed by atoms with Crippen molar-refractivity contribution < 1.29 is 9.59 Å². The molecule has 0 aliphatic carbocycles. The first kappa shape index (κ1) is 18.1. The van der Waals surface area contributed by atoms with Gasteiger partial charge in [-0.1, -0.05) is 17.4 Å². The van der Waals surface area contributed by atoms with Gasteiger partial charge in [0.05, 0.1) is 11.4 Å². The molecule has 2 rings (SSSR count). The molecule has 2 aromatic carbocycles. The van der Waals surface area contributed by atoms with Crippen LogP contribution in [0.3, 0.4) is 0 Å². The van der Waals surface area contributed by atoms with E-state index in [1.165, 1.54) is 9.80 Å². The van der Waals surface area contributed by atoms with Crippen molar-refractivity contribution in [2.45, 2.75) is 0 Å². The van der Waals surface area contributed by atoms with E-state index in [1.54, 1.807) is 76.7 Å². The third kappa shape index (κ3) is 4.87. The van der Waals surface area contributed by atoms with Gasteiger partial charge in [0.15, 0.2) is 0 Å². The van der Waals surface area contributed by atoms with Crippen LogP contribution in [0.1, 0.15) is 20.7 Å². The van der Waals surface area contributed by atoms with Crippen LogP contribution in [0, 0.1) is 0 Å². The number of carbonyl (C=O) groups excluding carboxylic acids is 2. The zero-order chi connectivity index (χ0) is 18.4. The summed E-state index contributed by atoms with van der Waals surface area (Å²) in [6.45, 7) is 0. The molecular weight excluding hydrogens is 318 g/mol. The summed E-state index contributed by atoms with van der Waals surface area (Å²) in [5.41, 5.74) is 5.10. The van der Waals surface area contributed by atoms with Gasteiger partial charge >= 0.3 is 0 Å². The third-order valence-corrected chi connectivity index (χ3v) is 3.36. The second-order valence-corrected chi connectivity index (χ2v) is 5.84. The Morgan fingerprint density at radius 3 is 2.00 bits per heavy atom. The number of amides is 2. The van der Waals surface area contributed by atoms with Gasteiger partial charge in [-0.05, 0) is 36.4 Å². The fraction of sp³-hybridized carbons (Fsp3) is 0.222. The molecular formula is C18H21N5O2. The van der Waals surface area contributed by atoms with Crippen molar-refractivity contribution in [1.82, 2.24) is 9.80 Å². The van der Waals surface area contributed by atoms with Crippen molar-refractivity contribution in [1.29, 1.82) is 0 Å². The van der Waals surface area contributed by atoms with Gasteiger partial charge in [-0.25, -0.2) is 0 Å². The van der Waals surface area contributed by atoms with Gasteiger partial charge < -0.3 is 9.80 Å². The van der Waals surface area contributed by atoms with E-state index >= 15 is 0 Å². The minimum Gasteiger partial charge on any atom is -0.345 e. The zero-order valence-corrected chi connectivity index (χ0v) is 14.7. The van der Waals surface area contributed by atoms with Crippen molar-refractivity contribution in [2.24, 2.45) is 10.3 Å². The van der Waals surface area contributed by atoms with E-state index in [0.29, 0.717) is 22.5 Å². The third-order valence-electron chi connectivity index (χ3n) is 3.36. The van der Waals surface area contributed by atoms with E-state index in [-0.39, 0.29) is 11.8 Å². The molecule has 130 valence electrons. The molecule has 0 aromatic heterocycles. The molecule has 2 aromatic rings. The molecule has 2 amide bonds. The normalized spacial score (nSPS) is 10.6. The van der Waals surface area contributed by atoms with Crippen LogP contribution in [0.15, 0.2) is 58.9 Å². The summed E-state index contributed by atoms with van der Waals surface area (Å²) >= 11 is 0. The molecule has 0 saturated heterocycles. The van der Waals surface area contributed by atoms with Gasteiger partial charge in [-0.15, -0.1) is 5.11 Å². The first-order chi connectivity index (χ1) is 11.9. The molecule has 0 radical (unpaired) electrons. The Morgan fingerprint density at radius 1 is 0.840 bits per heavy atom. The van der Waals surface area contributed by atoms with Gasteiger partial charge in [0.2, 0.25) is 0 Å². The number of hydrogen-bond acceptors (Lipinski definition) is 4. The number of nitrogens with one attached hydrogen (secondary N) is 1. The molecule has 0 unspecified atom stereocenters. The number of nitrogens with zero attached hydrogens (tertiary/aromatic N) is 4. The standard InChI is InChI=1S/C18H21N5O2/c1-22(2)17(24)13-7-5-9-15(11-13)19-21-20-16-10-6-8-14(12-16)18(25)23(3)4/h5-12H,1-4H3,(H,19,20). The summed E-state index contributed by atoms with van der Waals surface area (Å²) < 4.78 is 0. The Balaban J connectivity index is 2.09. The predicted octanol–water partition coefficient (Wildman–Crippen LogP) is 3.20. The van der Waals surface area contributed by atoms with Crippen LogP contribution in [-0.4, -0.2) is 49.8 Å². The van der Waals surface area contributed by atoms with Crippen LogP contribution in [0.2, 0.25) is 0 Å². The second-order valence-electron chi connectivity index (χ2n) is 5.84. The molecule has 25 heavy (non-hydrogen) atoms. The van der Waals surface area contributed by atoms with Crippen molar-refractivity contribution in [3.63, 3.8) is 0 Å². The van der Waals surface area contributed by atoms with E-state index in [1.807, 2.05) is 0 Å². The van der Waals surface area contributed by atoms with Crippen molar-refractivity contribution >= 4 is 23.2 Å². The first-order valence-electron chi connectivity index (χ1n) is 7.68. The van der Waals surface area contributed by atoms with E-state index in [0.717, 1.165) is 0 Å². The fourth-order valence-corrected chi connectivity index (χ4v) is 2.08. The van der Waals surface area contributed by atoms with Gasteiger partial charge in [0, 0.05) is 39.3 Å². The van der Waals surface area contributed by atoms with Crippen molar-refractivity contribution in [2.75, 3.05) is 33.6 Å². The first-order valence-corrected chi connectivity index (χ1v) is 7.68. The van der Waals surface area contributed by atoms with E-state index in [9.17, 15) is 9.59 Å². The number of benzene rings is 2. The maximum absolute atomic E-state index is 12.0. The van der Waals surface area contributed by atoms with Gasteiger partial charge in [0.25, 0.3) is 11.8 Å². The number of rotatable bonds is 5. The predicted molar refractivity (Wildman–Crippen MR) is 97.1 cm³/mol. The second kappa shape index (κ2) is 8.05. The van der Waals surface area contributed by atoms with Gasteiger partial charge in [0.1, 0.15) is 0 Å². The number of anilines is 1. The quantitative estimate of drug-likeness (QED) is 0.671. The van der Waals surface area contributed by atoms with Crippen LogP contribution < -0.4 is 5.43 Å². The fourth-order valence-electron chi connectivity index (χ4n) is 2.08. The highest BCUT2D eigenvalue weighted by Gasteiger charge is 2.09. The number of carbonyl (C=O) groups is 2. The summed E-state index contributed by atoms with van der Waals surface area (Å²) in [6, 6.07) is 13.9. The summed E-state index contributed by atoms with van der Waals surface area (Å²) in [7, 11) is 6.79. The lowest BCUT2D eigenvalue weighted by atomic mass is 10.2. The Bertz CT molecular complexity index is 800. The highest BCUT2D eigenvalue weighted by molar-refractivity contribution is 5.95. The molecule has 0 heterocycles. The minimum atomic E-state index is -0.0973. The van der Waals surface area contributed by atoms with E-state index in [2.05, 4.69) is 15.8 Å². The van der Waals surface area contributed by atoms with Crippen LogP contribution in [0.5, 0.6) is 0 Å². The van der Waals surface area contributed by atoms with Crippen LogP contribution in [0.4, 0.5) is 11.4 Å². The zero-order valence-electron chi connectivity index (χ0n) is 14.7.